The van der Waals surface area contributed by atoms with Gasteiger partial charge in [0.2, 0.25) is 5.71 Å². The predicted molar refractivity (Wildman–Crippen MR) is 123 cm³/mol. The normalized spacial score (nSPS) is 15.3. The lowest BCUT2D eigenvalue weighted by Gasteiger charge is -2.21. The van der Waals surface area contributed by atoms with E-state index in [9.17, 15) is 0 Å². The lowest BCUT2D eigenvalue weighted by atomic mass is 9.85. The third-order valence-electron chi connectivity index (χ3n) is 6.54. The summed E-state index contributed by atoms with van der Waals surface area (Å²) in [5.74, 6) is 0.813. The van der Waals surface area contributed by atoms with E-state index >= 15 is 0 Å². The number of fused-ring (bicyclic) bond motifs is 4. The van der Waals surface area contributed by atoms with E-state index in [1.54, 1.807) is 0 Å². The van der Waals surface area contributed by atoms with Crippen LogP contribution in [0.3, 0.4) is 0 Å². The molecule has 0 amide bonds. The van der Waals surface area contributed by atoms with Crippen LogP contribution < -0.4 is 0 Å². The lowest BCUT2D eigenvalue weighted by Crippen LogP contribution is -2.09. The molecule has 1 fully saturated rings. The van der Waals surface area contributed by atoms with Gasteiger partial charge in [0, 0.05) is 27.9 Å². The van der Waals surface area contributed by atoms with Gasteiger partial charge in [-0.1, -0.05) is 62.4 Å². The number of benzene rings is 2. The van der Waals surface area contributed by atoms with Crippen molar-refractivity contribution in [2.75, 3.05) is 0 Å². The van der Waals surface area contributed by atoms with Gasteiger partial charge in [-0.15, -0.1) is 0 Å². The summed E-state index contributed by atoms with van der Waals surface area (Å²) >= 11 is 0. The van der Waals surface area contributed by atoms with Crippen molar-refractivity contribution in [3.63, 3.8) is 0 Å². The average molecular weight is 393 g/mol. The van der Waals surface area contributed by atoms with E-state index in [-0.39, 0.29) is 0 Å². The molecule has 5 aromatic rings. The first-order chi connectivity index (χ1) is 14.8. The van der Waals surface area contributed by atoms with Crippen molar-refractivity contribution in [1.29, 1.82) is 0 Å². The van der Waals surface area contributed by atoms with Crippen molar-refractivity contribution in [3.8, 4) is 11.3 Å². The first kappa shape index (κ1) is 17.6. The molecule has 0 radical (unpaired) electrons. The quantitative estimate of drug-likeness (QED) is 0.323. The second kappa shape index (κ2) is 7.24. The molecular formula is C27H24N2O. The number of para-hydroxylation sites is 2. The Labute approximate surface area is 175 Å². The maximum atomic E-state index is 6.28. The average Bonchev–Trinajstić information content (AvgIpc) is 3.16. The summed E-state index contributed by atoms with van der Waals surface area (Å²) in [5.41, 5.74) is 5.92. The van der Waals surface area contributed by atoms with Gasteiger partial charge in [0.05, 0.1) is 11.2 Å². The molecular weight excluding hydrogens is 368 g/mol. The number of rotatable bonds is 3. The largest absolute Gasteiger partial charge is 0.437 e. The highest BCUT2D eigenvalue weighted by Gasteiger charge is 2.17. The van der Waals surface area contributed by atoms with Gasteiger partial charge in [-0.2, -0.15) is 0 Å². The number of pyridine rings is 2. The summed E-state index contributed by atoms with van der Waals surface area (Å²) < 4.78 is 6.28. The molecule has 6 rings (SSSR count). The van der Waals surface area contributed by atoms with Crippen LogP contribution in [0.1, 0.15) is 37.7 Å². The standard InChI is InChI=1S/C27H24N2O/c1-2-7-18(8-3-1)15-19-13-14-28-25(16-19)22-11-6-10-21-23-17-20-9-4-5-12-24(20)29-27(23)30-26(21)22/h4-6,9-14,16-18H,1-3,7-8,15H2. The van der Waals surface area contributed by atoms with Gasteiger partial charge in [-0.05, 0) is 48.2 Å². The molecule has 3 aromatic heterocycles. The number of nitrogens with zero attached hydrogens (tertiary/aromatic N) is 2. The van der Waals surface area contributed by atoms with Gasteiger partial charge in [-0.25, -0.2) is 4.98 Å². The van der Waals surface area contributed by atoms with E-state index in [1.165, 1.54) is 37.7 Å². The minimum atomic E-state index is 0.689. The van der Waals surface area contributed by atoms with Crippen LogP contribution in [0.5, 0.6) is 0 Å². The Balaban J connectivity index is 1.46. The Morgan fingerprint density at radius 1 is 0.867 bits per heavy atom. The van der Waals surface area contributed by atoms with Crippen LogP contribution >= 0.6 is 0 Å². The third kappa shape index (κ3) is 3.06. The van der Waals surface area contributed by atoms with E-state index in [0.717, 1.165) is 50.9 Å². The van der Waals surface area contributed by atoms with Gasteiger partial charge >= 0.3 is 0 Å². The molecule has 2 aromatic carbocycles. The Morgan fingerprint density at radius 2 is 1.77 bits per heavy atom. The first-order valence-electron chi connectivity index (χ1n) is 11.0. The summed E-state index contributed by atoms with van der Waals surface area (Å²) in [6, 6.07) is 21.1. The zero-order chi connectivity index (χ0) is 19.9. The monoisotopic (exact) mass is 392 g/mol. The minimum absolute atomic E-state index is 0.689. The van der Waals surface area contributed by atoms with Crippen LogP contribution in [-0.2, 0) is 6.42 Å². The van der Waals surface area contributed by atoms with Crippen molar-refractivity contribution < 1.29 is 4.42 Å². The highest BCUT2D eigenvalue weighted by Crippen LogP contribution is 2.36. The van der Waals surface area contributed by atoms with Gasteiger partial charge in [0.25, 0.3) is 0 Å². The fourth-order valence-electron chi connectivity index (χ4n) is 5.00. The third-order valence-corrected chi connectivity index (χ3v) is 6.54. The number of hydrogen-bond donors (Lipinski definition) is 0. The highest BCUT2D eigenvalue weighted by atomic mass is 16.3. The van der Waals surface area contributed by atoms with E-state index in [4.69, 9.17) is 14.4 Å². The molecule has 0 aliphatic heterocycles. The summed E-state index contributed by atoms with van der Waals surface area (Å²) in [4.78, 5) is 9.46. The van der Waals surface area contributed by atoms with Gasteiger partial charge in [0.1, 0.15) is 5.58 Å². The van der Waals surface area contributed by atoms with E-state index in [1.807, 2.05) is 24.4 Å². The topological polar surface area (TPSA) is 38.9 Å². The number of hydrogen-bond acceptors (Lipinski definition) is 3. The smallest absolute Gasteiger partial charge is 0.227 e. The highest BCUT2D eigenvalue weighted by molar-refractivity contribution is 6.10. The SMILES string of the molecule is c1ccc2nc3oc4c(-c5cc(CC6CCCCC6)ccn5)cccc4c3cc2c1. The van der Waals surface area contributed by atoms with Gasteiger partial charge in [0.15, 0.2) is 0 Å². The Bertz CT molecular complexity index is 1360. The van der Waals surface area contributed by atoms with Crippen molar-refractivity contribution in [2.24, 2.45) is 5.92 Å². The minimum Gasteiger partial charge on any atom is -0.437 e. The fraction of sp³-hybridized carbons (Fsp3) is 0.259. The van der Waals surface area contributed by atoms with Crippen LogP contribution in [0.25, 0.3) is 44.2 Å². The molecule has 1 aliphatic carbocycles. The van der Waals surface area contributed by atoms with Crippen LogP contribution in [0.4, 0.5) is 0 Å². The van der Waals surface area contributed by atoms with Gasteiger partial charge in [-0.3, -0.25) is 4.98 Å². The van der Waals surface area contributed by atoms with Gasteiger partial charge < -0.3 is 4.42 Å². The van der Waals surface area contributed by atoms with E-state index < -0.39 is 0 Å². The Morgan fingerprint density at radius 3 is 2.70 bits per heavy atom. The molecule has 0 spiro atoms. The Kier molecular flexibility index (Phi) is 4.26. The molecule has 3 heteroatoms. The summed E-state index contributed by atoms with van der Waals surface area (Å²) in [6.45, 7) is 0. The maximum absolute atomic E-state index is 6.28. The Hall–Kier alpha value is -3.20. The second-order valence-corrected chi connectivity index (χ2v) is 8.58. The molecule has 0 bridgehead atoms. The second-order valence-electron chi connectivity index (χ2n) is 8.58. The van der Waals surface area contributed by atoms with Crippen LogP contribution in [0.15, 0.2) is 71.3 Å². The van der Waals surface area contributed by atoms with Crippen LogP contribution in [0, 0.1) is 5.92 Å². The molecule has 3 heterocycles. The van der Waals surface area contributed by atoms with Crippen molar-refractivity contribution in [3.05, 3.63) is 72.4 Å². The summed E-state index contributed by atoms with van der Waals surface area (Å²) in [5, 5.41) is 3.29. The van der Waals surface area contributed by atoms with E-state index in [0.29, 0.717) is 5.71 Å². The van der Waals surface area contributed by atoms with Crippen molar-refractivity contribution >= 4 is 33.0 Å². The van der Waals surface area contributed by atoms with Crippen molar-refractivity contribution in [2.45, 2.75) is 38.5 Å². The molecule has 0 unspecified atom stereocenters. The number of furan rings is 1. The summed E-state index contributed by atoms with van der Waals surface area (Å²) in [6.07, 6.45) is 9.96. The molecule has 0 saturated heterocycles. The molecule has 0 N–H and O–H groups in total. The zero-order valence-electron chi connectivity index (χ0n) is 17.0. The lowest BCUT2D eigenvalue weighted by molar-refractivity contribution is 0.356. The van der Waals surface area contributed by atoms with Crippen molar-refractivity contribution in [1.82, 2.24) is 9.97 Å². The first-order valence-corrected chi connectivity index (χ1v) is 11.0. The van der Waals surface area contributed by atoms with Crippen LogP contribution in [0.2, 0.25) is 0 Å². The summed E-state index contributed by atoms with van der Waals surface area (Å²) in [7, 11) is 0. The van der Waals surface area contributed by atoms with Crippen LogP contribution in [-0.4, -0.2) is 9.97 Å². The molecule has 0 atom stereocenters. The van der Waals surface area contributed by atoms with E-state index in [2.05, 4.69) is 42.5 Å². The molecule has 1 saturated carbocycles. The fourth-order valence-corrected chi connectivity index (χ4v) is 5.00. The molecule has 148 valence electrons. The molecule has 30 heavy (non-hydrogen) atoms. The molecule has 3 nitrogen and oxygen atoms in total. The predicted octanol–water partition coefficient (Wildman–Crippen LogP) is 7.32. The number of aromatic nitrogens is 2. The molecule has 1 aliphatic rings. The maximum Gasteiger partial charge on any atom is 0.227 e. The zero-order valence-corrected chi connectivity index (χ0v) is 17.0.